The van der Waals surface area contributed by atoms with E-state index in [9.17, 15) is 0 Å². The van der Waals surface area contributed by atoms with Crippen molar-refractivity contribution in [1.82, 2.24) is 0 Å². The molecule has 0 aliphatic carbocycles. The van der Waals surface area contributed by atoms with Crippen LogP contribution in [0.5, 0.6) is 0 Å². The molecule has 1 heterocycles. The minimum atomic E-state index is 0.747. The van der Waals surface area contributed by atoms with E-state index in [2.05, 4.69) is 55.6 Å². The van der Waals surface area contributed by atoms with Crippen LogP contribution < -0.4 is 0 Å². The van der Waals surface area contributed by atoms with Crippen molar-refractivity contribution in [2.24, 2.45) is 0 Å². The maximum atomic E-state index is 6.11. The third kappa shape index (κ3) is 3.72. The summed E-state index contributed by atoms with van der Waals surface area (Å²) in [6, 6.07) is 19.2. The summed E-state index contributed by atoms with van der Waals surface area (Å²) in [5.41, 5.74) is 2.48. The third-order valence-corrected chi connectivity index (χ3v) is 6.41. The molecule has 111 valence electrons. The summed E-state index contributed by atoms with van der Waals surface area (Å²) in [6.45, 7) is 3.95. The molecule has 0 nitrogen and oxygen atoms in total. The van der Waals surface area contributed by atoms with Crippen molar-refractivity contribution in [3.63, 3.8) is 0 Å². The quantitative estimate of drug-likeness (QED) is 0.453. The number of benzene rings is 2. The summed E-state index contributed by atoms with van der Waals surface area (Å²) < 4.78 is 1.17. The fraction of sp³-hybridized carbons (Fsp3) is 0.0556. The standard InChI is InChI=1S/C18H14ClS3/c1-12-17(19)11-18(21-12)22-16-9-14(8-15(10-16)20-2)13-6-4-3-5-7-13/h3-11H,1H2,2H3. The van der Waals surface area contributed by atoms with Crippen LogP contribution in [0.15, 0.2) is 68.6 Å². The molecule has 0 spiro atoms. The van der Waals surface area contributed by atoms with Crippen LogP contribution in [-0.4, -0.2) is 6.26 Å². The predicted molar refractivity (Wildman–Crippen MR) is 102 cm³/mol. The summed E-state index contributed by atoms with van der Waals surface area (Å²) >= 11 is 11.3. The molecular formula is C18H14ClS3. The van der Waals surface area contributed by atoms with Crippen molar-refractivity contribution in [3.05, 3.63) is 71.4 Å². The number of rotatable bonds is 4. The van der Waals surface area contributed by atoms with Gasteiger partial charge in [0.05, 0.1) is 9.23 Å². The van der Waals surface area contributed by atoms with E-state index >= 15 is 0 Å². The molecular weight excluding hydrogens is 348 g/mol. The number of thioether (sulfide) groups is 1. The molecule has 0 saturated heterocycles. The molecule has 0 N–H and O–H groups in total. The van der Waals surface area contributed by atoms with E-state index in [4.69, 9.17) is 11.6 Å². The molecule has 4 heteroatoms. The van der Waals surface area contributed by atoms with E-state index in [0.29, 0.717) is 0 Å². The fourth-order valence-corrected chi connectivity index (χ4v) is 5.13. The van der Waals surface area contributed by atoms with E-state index in [1.54, 1.807) is 34.9 Å². The SMILES string of the molecule is [CH2]c1sc(Sc2cc(SC)cc(-c3ccccc3)c2)cc1Cl. The van der Waals surface area contributed by atoms with E-state index in [1.807, 2.05) is 12.1 Å². The van der Waals surface area contributed by atoms with Gasteiger partial charge in [0.25, 0.3) is 0 Å². The minimum absolute atomic E-state index is 0.747. The Labute approximate surface area is 148 Å². The Bertz CT molecular complexity index is 759. The van der Waals surface area contributed by atoms with Gasteiger partial charge in [0, 0.05) is 14.7 Å². The molecule has 0 saturated carbocycles. The van der Waals surface area contributed by atoms with Gasteiger partial charge < -0.3 is 0 Å². The molecule has 1 radical (unpaired) electrons. The lowest BCUT2D eigenvalue weighted by molar-refractivity contribution is 1.33. The largest absolute Gasteiger partial charge is 0.132 e. The molecule has 0 aliphatic heterocycles. The Kier molecular flexibility index (Phi) is 5.19. The van der Waals surface area contributed by atoms with Crippen molar-refractivity contribution in [2.45, 2.75) is 14.0 Å². The molecule has 0 fully saturated rings. The van der Waals surface area contributed by atoms with Gasteiger partial charge in [-0.25, -0.2) is 0 Å². The van der Waals surface area contributed by atoms with Gasteiger partial charge in [0.15, 0.2) is 0 Å². The molecule has 0 atom stereocenters. The first-order valence-electron chi connectivity index (χ1n) is 6.69. The van der Waals surface area contributed by atoms with Crippen LogP contribution >= 0.6 is 46.5 Å². The van der Waals surface area contributed by atoms with E-state index in [0.717, 1.165) is 9.90 Å². The van der Waals surface area contributed by atoms with Gasteiger partial charge in [-0.15, -0.1) is 23.1 Å². The minimum Gasteiger partial charge on any atom is -0.132 e. The molecule has 0 aliphatic rings. The average Bonchev–Trinajstić information content (AvgIpc) is 2.85. The van der Waals surface area contributed by atoms with E-state index in [-0.39, 0.29) is 0 Å². The molecule has 0 unspecified atom stereocenters. The van der Waals surface area contributed by atoms with Crippen molar-refractivity contribution in [3.8, 4) is 11.1 Å². The summed E-state index contributed by atoms with van der Waals surface area (Å²) in [6.07, 6.45) is 2.11. The first-order chi connectivity index (χ1) is 10.7. The van der Waals surface area contributed by atoms with Gasteiger partial charge in [-0.2, -0.15) is 0 Å². The molecule has 3 rings (SSSR count). The van der Waals surface area contributed by atoms with Crippen molar-refractivity contribution >= 4 is 46.5 Å². The highest BCUT2D eigenvalue weighted by molar-refractivity contribution is 8.01. The summed E-state index contributed by atoms with van der Waals surface area (Å²) in [7, 11) is 0. The Hall–Kier alpha value is -0.870. The average molecular weight is 362 g/mol. The Balaban J connectivity index is 1.97. The van der Waals surface area contributed by atoms with E-state index in [1.165, 1.54) is 25.1 Å². The maximum Gasteiger partial charge on any atom is 0.0664 e. The van der Waals surface area contributed by atoms with Gasteiger partial charge in [-0.05, 0) is 48.6 Å². The van der Waals surface area contributed by atoms with Gasteiger partial charge in [0.1, 0.15) is 0 Å². The van der Waals surface area contributed by atoms with Gasteiger partial charge in [-0.1, -0.05) is 53.7 Å². The van der Waals surface area contributed by atoms with Crippen LogP contribution in [0.1, 0.15) is 4.88 Å². The van der Waals surface area contributed by atoms with Crippen LogP contribution in [0, 0.1) is 6.92 Å². The number of hydrogen-bond acceptors (Lipinski definition) is 3. The Morgan fingerprint density at radius 2 is 1.68 bits per heavy atom. The van der Waals surface area contributed by atoms with Crippen LogP contribution in [0.25, 0.3) is 11.1 Å². The van der Waals surface area contributed by atoms with Gasteiger partial charge >= 0.3 is 0 Å². The van der Waals surface area contributed by atoms with Crippen LogP contribution in [0.4, 0.5) is 0 Å². The Morgan fingerprint density at radius 1 is 0.955 bits per heavy atom. The number of halogens is 1. The second kappa shape index (κ2) is 7.14. The zero-order valence-electron chi connectivity index (χ0n) is 12.0. The van der Waals surface area contributed by atoms with Crippen molar-refractivity contribution in [2.75, 3.05) is 6.26 Å². The van der Waals surface area contributed by atoms with Gasteiger partial charge in [-0.3, -0.25) is 0 Å². The summed E-state index contributed by atoms with van der Waals surface area (Å²) in [5.74, 6) is 0. The smallest absolute Gasteiger partial charge is 0.0664 e. The van der Waals surface area contributed by atoms with Crippen molar-refractivity contribution < 1.29 is 0 Å². The maximum absolute atomic E-state index is 6.11. The normalized spacial score (nSPS) is 10.9. The zero-order valence-corrected chi connectivity index (χ0v) is 15.2. The zero-order chi connectivity index (χ0) is 15.5. The highest BCUT2D eigenvalue weighted by Crippen LogP contribution is 2.40. The van der Waals surface area contributed by atoms with Crippen LogP contribution in [0.2, 0.25) is 5.02 Å². The second-order valence-corrected chi connectivity index (χ2v) is 8.50. The molecule has 0 amide bonds. The highest BCUT2D eigenvalue weighted by Gasteiger charge is 2.08. The molecule has 22 heavy (non-hydrogen) atoms. The topological polar surface area (TPSA) is 0 Å². The first-order valence-corrected chi connectivity index (χ1v) is 9.93. The lowest BCUT2D eigenvalue weighted by Crippen LogP contribution is -1.81. The van der Waals surface area contributed by atoms with Gasteiger partial charge in [0.2, 0.25) is 0 Å². The highest BCUT2D eigenvalue weighted by atomic mass is 35.5. The summed E-state index contributed by atoms with van der Waals surface area (Å²) in [4.78, 5) is 3.42. The van der Waals surface area contributed by atoms with Crippen LogP contribution in [-0.2, 0) is 0 Å². The predicted octanol–water partition coefficient (Wildman–Crippen LogP) is 7.12. The summed E-state index contributed by atoms with van der Waals surface area (Å²) in [5, 5.41) is 0.747. The molecule has 0 bridgehead atoms. The third-order valence-electron chi connectivity index (χ3n) is 3.18. The first kappa shape index (κ1) is 16.0. The monoisotopic (exact) mass is 361 g/mol. The lowest BCUT2D eigenvalue weighted by atomic mass is 10.1. The number of hydrogen-bond donors (Lipinski definition) is 0. The molecule has 3 aromatic rings. The second-order valence-electron chi connectivity index (χ2n) is 4.70. The van der Waals surface area contributed by atoms with E-state index < -0.39 is 0 Å². The lowest BCUT2D eigenvalue weighted by Gasteiger charge is -2.08. The number of thiophene rings is 1. The molecule has 2 aromatic carbocycles. The van der Waals surface area contributed by atoms with Crippen molar-refractivity contribution in [1.29, 1.82) is 0 Å². The fourth-order valence-electron chi connectivity index (χ4n) is 2.10. The van der Waals surface area contributed by atoms with Crippen LogP contribution in [0.3, 0.4) is 0 Å². The Morgan fingerprint density at radius 3 is 2.32 bits per heavy atom. The molecule has 1 aromatic heterocycles.